The van der Waals surface area contributed by atoms with E-state index in [1.165, 1.54) is 4.90 Å². The Kier molecular flexibility index (Phi) is 3.78. The van der Waals surface area contributed by atoms with Gasteiger partial charge in [-0.15, -0.1) is 0 Å². The number of carboxylic acid groups (broad SMARTS) is 1. The van der Waals surface area contributed by atoms with Crippen molar-refractivity contribution in [1.29, 1.82) is 0 Å². The topological polar surface area (TPSA) is 69.7 Å². The number of aliphatic carboxylic acids is 1. The minimum Gasteiger partial charge on any atom is -0.550 e. The second-order valence-electron chi connectivity index (χ2n) is 5.08. The van der Waals surface area contributed by atoms with E-state index in [0.717, 1.165) is 0 Å². The van der Waals surface area contributed by atoms with Gasteiger partial charge in [-0.05, 0) is 33.6 Å². The smallest absolute Gasteiger partial charge is 0.410 e. The van der Waals surface area contributed by atoms with Crippen LogP contribution in [0.1, 0.15) is 33.6 Å². The Morgan fingerprint density at radius 2 is 2.00 bits per heavy atom. The molecule has 0 aliphatic carbocycles. The van der Waals surface area contributed by atoms with Crippen LogP contribution in [0.4, 0.5) is 4.79 Å². The van der Waals surface area contributed by atoms with Crippen LogP contribution >= 0.6 is 0 Å². The number of carboxylic acids is 1. The zero-order valence-electron chi connectivity index (χ0n) is 9.99. The van der Waals surface area contributed by atoms with Crippen LogP contribution in [0.5, 0.6) is 0 Å². The van der Waals surface area contributed by atoms with Gasteiger partial charge in [-0.3, -0.25) is 0 Å². The number of likely N-dealkylation sites (tertiary alicyclic amines) is 1. The van der Waals surface area contributed by atoms with Crippen molar-refractivity contribution in [3.63, 3.8) is 0 Å². The lowest BCUT2D eigenvalue weighted by atomic mass is 9.99. The summed E-state index contributed by atoms with van der Waals surface area (Å²) in [5, 5.41) is 10.7. The van der Waals surface area contributed by atoms with Crippen LogP contribution in [-0.4, -0.2) is 35.7 Å². The maximum atomic E-state index is 11.7. The van der Waals surface area contributed by atoms with E-state index in [4.69, 9.17) is 4.74 Å². The molecule has 0 unspecified atom stereocenters. The van der Waals surface area contributed by atoms with Crippen molar-refractivity contribution in [2.45, 2.75) is 39.2 Å². The summed E-state index contributed by atoms with van der Waals surface area (Å²) in [6.07, 6.45) is 0.804. The van der Waals surface area contributed by atoms with Gasteiger partial charge in [0.25, 0.3) is 0 Å². The lowest BCUT2D eigenvalue weighted by Gasteiger charge is -2.34. The third-order valence-electron chi connectivity index (χ3n) is 2.41. The highest BCUT2D eigenvalue weighted by Crippen LogP contribution is 2.18. The van der Waals surface area contributed by atoms with Crippen LogP contribution in [0.25, 0.3) is 0 Å². The van der Waals surface area contributed by atoms with Gasteiger partial charge < -0.3 is 19.5 Å². The molecule has 1 atom stereocenters. The molecule has 1 heterocycles. The fourth-order valence-corrected chi connectivity index (χ4v) is 1.66. The summed E-state index contributed by atoms with van der Waals surface area (Å²) in [7, 11) is 0. The lowest BCUT2D eigenvalue weighted by Crippen LogP contribution is -2.47. The molecule has 0 aromatic carbocycles. The summed E-state index contributed by atoms with van der Waals surface area (Å²) < 4.78 is 5.18. The van der Waals surface area contributed by atoms with E-state index in [1.54, 1.807) is 20.8 Å². The molecule has 0 N–H and O–H groups in total. The fraction of sp³-hybridized carbons (Fsp3) is 0.818. The highest BCUT2D eigenvalue weighted by atomic mass is 16.6. The molecule has 1 fully saturated rings. The monoisotopic (exact) mass is 228 g/mol. The first-order valence-corrected chi connectivity index (χ1v) is 5.48. The quantitative estimate of drug-likeness (QED) is 0.650. The third-order valence-corrected chi connectivity index (χ3v) is 2.41. The van der Waals surface area contributed by atoms with Gasteiger partial charge in [0.2, 0.25) is 0 Å². The minimum atomic E-state index is -1.09. The molecule has 1 rings (SSSR count). The molecule has 1 amide bonds. The first-order chi connectivity index (χ1) is 7.29. The van der Waals surface area contributed by atoms with Gasteiger partial charge in [0.15, 0.2) is 0 Å². The second kappa shape index (κ2) is 4.72. The molecule has 0 saturated carbocycles. The summed E-state index contributed by atoms with van der Waals surface area (Å²) in [6, 6.07) is 0. The number of carbonyl (C=O) groups excluding carboxylic acids is 2. The molecule has 5 nitrogen and oxygen atoms in total. The molecule has 5 heteroatoms. The highest BCUT2D eigenvalue weighted by molar-refractivity contribution is 5.72. The molecule has 0 spiro atoms. The Hall–Kier alpha value is -1.26. The van der Waals surface area contributed by atoms with E-state index in [2.05, 4.69) is 0 Å². The maximum Gasteiger partial charge on any atom is 0.410 e. The van der Waals surface area contributed by atoms with Crippen molar-refractivity contribution in [3.05, 3.63) is 0 Å². The zero-order valence-corrected chi connectivity index (χ0v) is 9.99. The number of hydrogen-bond acceptors (Lipinski definition) is 4. The molecule has 92 valence electrons. The van der Waals surface area contributed by atoms with Crippen molar-refractivity contribution in [2.24, 2.45) is 5.92 Å². The Labute approximate surface area is 95.4 Å². The van der Waals surface area contributed by atoms with Gasteiger partial charge in [0.05, 0.1) is 0 Å². The summed E-state index contributed by atoms with van der Waals surface area (Å²) in [5.41, 5.74) is -0.550. The van der Waals surface area contributed by atoms with Crippen LogP contribution in [0.3, 0.4) is 0 Å². The Morgan fingerprint density at radius 1 is 1.38 bits per heavy atom. The molecule has 1 saturated heterocycles. The number of hydrogen-bond donors (Lipinski definition) is 0. The molecule has 1 aliphatic rings. The molecule has 0 aromatic rings. The number of carbonyl (C=O) groups is 2. The van der Waals surface area contributed by atoms with Crippen molar-refractivity contribution >= 4 is 12.1 Å². The first-order valence-electron chi connectivity index (χ1n) is 5.48. The Balaban J connectivity index is 2.54. The number of rotatable bonds is 1. The van der Waals surface area contributed by atoms with Crippen molar-refractivity contribution in [2.75, 3.05) is 13.1 Å². The summed E-state index contributed by atoms with van der Waals surface area (Å²) in [4.78, 5) is 23.8. The Bertz CT molecular complexity index is 282. The number of piperidine rings is 1. The van der Waals surface area contributed by atoms with Crippen LogP contribution < -0.4 is 5.11 Å². The standard InChI is InChI=1S/C11H19NO4/c1-11(2,3)16-10(15)12-6-4-5-8(7-12)9(13)14/h8H,4-7H2,1-3H3,(H,13,14)/p-1/t8-/m1/s1. The van der Waals surface area contributed by atoms with Crippen LogP contribution in [-0.2, 0) is 9.53 Å². The average molecular weight is 228 g/mol. The van der Waals surface area contributed by atoms with E-state index in [-0.39, 0.29) is 6.54 Å². The van der Waals surface area contributed by atoms with Gasteiger partial charge in [0, 0.05) is 25.0 Å². The highest BCUT2D eigenvalue weighted by Gasteiger charge is 2.27. The minimum absolute atomic E-state index is 0.192. The number of ether oxygens (including phenoxy) is 1. The number of amides is 1. The molecule has 16 heavy (non-hydrogen) atoms. The summed E-state index contributed by atoms with van der Waals surface area (Å²) in [6.45, 7) is 6.09. The van der Waals surface area contributed by atoms with Gasteiger partial charge in [-0.25, -0.2) is 4.79 Å². The predicted molar refractivity (Wildman–Crippen MR) is 55.5 cm³/mol. The average Bonchev–Trinajstić information content (AvgIpc) is 2.15. The van der Waals surface area contributed by atoms with E-state index in [1.807, 2.05) is 0 Å². The lowest BCUT2D eigenvalue weighted by molar-refractivity contribution is -0.312. The predicted octanol–water partition coefficient (Wildman–Crippen LogP) is 0.383. The number of nitrogens with zero attached hydrogens (tertiary/aromatic N) is 1. The van der Waals surface area contributed by atoms with E-state index >= 15 is 0 Å². The molecule has 0 bridgehead atoms. The molecule has 0 radical (unpaired) electrons. The van der Waals surface area contributed by atoms with Gasteiger partial charge in [-0.2, -0.15) is 0 Å². The van der Waals surface area contributed by atoms with Gasteiger partial charge >= 0.3 is 6.09 Å². The van der Waals surface area contributed by atoms with Gasteiger partial charge in [-0.1, -0.05) is 0 Å². The van der Waals surface area contributed by atoms with Gasteiger partial charge in [0.1, 0.15) is 5.60 Å². The third kappa shape index (κ3) is 3.72. The maximum absolute atomic E-state index is 11.7. The normalized spacial score (nSPS) is 21.7. The summed E-state index contributed by atoms with van der Waals surface area (Å²) in [5.74, 6) is -1.66. The van der Waals surface area contributed by atoms with Crippen LogP contribution in [0, 0.1) is 5.92 Å². The van der Waals surface area contributed by atoms with Crippen molar-refractivity contribution < 1.29 is 19.4 Å². The van der Waals surface area contributed by atoms with Crippen molar-refractivity contribution in [3.8, 4) is 0 Å². The fourth-order valence-electron chi connectivity index (χ4n) is 1.66. The van der Waals surface area contributed by atoms with E-state index in [9.17, 15) is 14.7 Å². The molecule has 1 aliphatic heterocycles. The first kappa shape index (κ1) is 12.8. The largest absolute Gasteiger partial charge is 0.550 e. The summed E-state index contributed by atoms with van der Waals surface area (Å²) >= 11 is 0. The van der Waals surface area contributed by atoms with Crippen molar-refractivity contribution in [1.82, 2.24) is 4.90 Å². The zero-order chi connectivity index (χ0) is 12.3. The van der Waals surface area contributed by atoms with Crippen LogP contribution in [0.2, 0.25) is 0 Å². The second-order valence-corrected chi connectivity index (χ2v) is 5.08. The Morgan fingerprint density at radius 3 is 2.50 bits per heavy atom. The molecule has 0 aromatic heterocycles. The molecular weight excluding hydrogens is 210 g/mol. The SMILES string of the molecule is CC(C)(C)OC(=O)N1CCC[C@@H](C(=O)[O-])C1. The van der Waals surface area contributed by atoms with Crippen LogP contribution in [0.15, 0.2) is 0 Å². The molecular formula is C11H18NO4-. The van der Waals surface area contributed by atoms with E-state index < -0.39 is 23.6 Å². The van der Waals surface area contributed by atoms with E-state index in [0.29, 0.717) is 19.4 Å².